The van der Waals surface area contributed by atoms with Crippen molar-refractivity contribution in [2.75, 3.05) is 39.6 Å². The van der Waals surface area contributed by atoms with E-state index in [1.807, 2.05) is 0 Å². The minimum absolute atomic E-state index is 0.102. The fourth-order valence-electron chi connectivity index (χ4n) is 10.5. The van der Waals surface area contributed by atoms with E-state index < -0.39 is 97.5 Å². The van der Waals surface area contributed by atoms with Crippen molar-refractivity contribution in [3.63, 3.8) is 0 Å². The Labute approximate surface area is 543 Å². The summed E-state index contributed by atoms with van der Waals surface area (Å²) in [6, 6.07) is 0. The molecule has 89 heavy (non-hydrogen) atoms. The molecular weight excluding hydrogens is 1170 g/mol. The second-order valence-electron chi connectivity index (χ2n) is 26.9. The van der Waals surface area contributed by atoms with Crippen LogP contribution in [0.4, 0.5) is 0 Å². The lowest BCUT2D eigenvalue weighted by Gasteiger charge is -2.21. The summed E-state index contributed by atoms with van der Waals surface area (Å²) in [5.74, 6) is 0.822. The molecule has 0 bridgehead atoms. The highest BCUT2D eigenvalue weighted by molar-refractivity contribution is 7.47. The number of ether oxygens (including phenoxy) is 4. The van der Waals surface area contributed by atoms with E-state index in [1.165, 1.54) is 141 Å². The van der Waals surface area contributed by atoms with Gasteiger partial charge in [0, 0.05) is 25.7 Å². The van der Waals surface area contributed by atoms with Gasteiger partial charge in [0.05, 0.1) is 26.4 Å². The van der Waals surface area contributed by atoms with Gasteiger partial charge in [-0.25, -0.2) is 9.13 Å². The third-order valence-corrected chi connectivity index (χ3v) is 18.3. The normalized spacial score (nSPS) is 14.6. The Bertz CT molecular complexity index is 1770. The Balaban J connectivity index is 5.21. The van der Waals surface area contributed by atoms with Crippen molar-refractivity contribution in [3.05, 3.63) is 0 Å². The highest BCUT2D eigenvalue weighted by Crippen LogP contribution is 2.45. The molecule has 0 fully saturated rings. The number of hydrogen-bond acceptors (Lipinski definition) is 15. The Hall–Kier alpha value is -1.94. The van der Waals surface area contributed by atoms with Gasteiger partial charge in [0.2, 0.25) is 0 Å². The zero-order valence-corrected chi connectivity index (χ0v) is 59.8. The monoisotopic (exact) mass is 1310 g/mol. The Morgan fingerprint density at radius 1 is 0.315 bits per heavy atom. The topological polar surface area (TPSA) is 237 Å². The average Bonchev–Trinajstić information content (AvgIpc) is 3.62. The lowest BCUT2D eigenvalue weighted by molar-refractivity contribution is -0.161. The predicted molar refractivity (Wildman–Crippen MR) is 358 cm³/mol. The van der Waals surface area contributed by atoms with Crippen LogP contribution in [0.5, 0.6) is 0 Å². The van der Waals surface area contributed by atoms with Crippen molar-refractivity contribution < 1.29 is 80.2 Å². The highest BCUT2D eigenvalue weighted by Gasteiger charge is 2.30. The highest BCUT2D eigenvalue weighted by atomic mass is 31.2. The van der Waals surface area contributed by atoms with Crippen LogP contribution in [0.2, 0.25) is 0 Å². The van der Waals surface area contributed by atoms with Crippen LogP contribution in [0, 0.1) is 23.7 Å². The first-order valence-corrected chi connectivity index (χ1v) is 39.2. The molecule has 0 saturated heterocycles. The molecular formula is C70H136O17P2. The summed E-state index contributed by atoms with van der Waals surface area (Å²) in [7, 11) is -9.90. The molecule has 0 aromatic rings. The molecule has 0 heterocycles. The molecule has 0 amide bonds. The molecule has 3 N–H and O–H groups in total. The molecule has 0 spiro atoms. The van der Waals surface area contributed by atoms with Gasteiger partial charge in [-0.1, -0.05) is 293 Å². The largest absolute Gasteiger partial charge is 0.472 e. The van der Waals surface area contributed by atoms with E-state index in [0.717, 1.165) is 114 Å². The van der Waals surface area contributed by atoms with Crippen molar-refractivity contribution in [2.24, 2.45) is 23.7 Å². The summed E-state index contributed by atoms with van der Waals surface area (Å²) >= 11 is 0. The van der Waals surface area contributed by atoms with Crippen molar-refractivity contribution in [2.45, 2.75) is 363 Å². The second kappa shape index (κ2) is 59.8. The van der Waals surface area contributed by atoms with Gasteiger partial charge in [-0.2, -0.15) is 0 Å². The maximum Gasteiger partial charge on any atom is 0.472 e. The fraction of sp³-hybridized carbons (Fsp3) is 0.943. The Kier molecular flexibility index (Phi) is 58.5. The molecule has 0 aromatic carbocycles. The standard InChI is InChI=1S/C70H136O17P2/c1-9-63(8)49-41-33-27-29-37-45-53-70(75)87-66(56-80-67(72)50-42-34-24-20-16-12-10-11-14-18-22-30-38-46-60(2)3)59-85-89(78,79)83-55-64(71)54-82-88(76,77)84-58-65(57-81-68(73)51-43-35-28-26-32-40-48-62(6)7)86-69(74)52-44-36-25-21-17-13-15-19-23-31-39-47-61(4)5/h60-66,71H,9-59H2,1-8H3,(H,76,77)(H,78,79)/t63?,64-,65+,66+/m0/s1. The number of rotatable bonds is 67. The third kappa shape index (κ3) is 63.2. The maximum absolute atomic E-state index is 13.0. The number of phosphoric ester groups is 2. The fourth-order valence-corrected chi connectivity index (χ4v) is 12.0. The van der Waals surface area contributed by atoms with Crippen LogP contribution in [-0.4, -0.2) is 96.7 Å². The van der Waals surface area contributed by atoms with Crippen molar-refractivity contribution in [1.29, 1.82) is 0 Å². The van der Waals surface area contributed by atoms with Gasteiger partial charge in [-0.05, 0) is 49.4 Å². The maximum atomic E-state index is 13.0. The van der Waals surface area contributed by atoms with E-state index in [2.05, 4.69) is 55.4 Å². The van der Waals surface area contributed by atoms with Crippen LogP contribution in [0.3, 0.4) is 0 Å². The first kappa shape index (κ1) is 87.1. The smallest absolute Gasteiger partial charge is 0.462 e. The molecule has 0 aliphatic heterocycles. The Morgan fingerprint density at radius 3 is 0.798 bits per heavy atom. The van der Waals surface area contributed by atoms with Crippen LogP contribution in [0.1, 0.15) is 344 Å². The number of carbonyl (C=O) groups excluding carboxylic acids is 4. The number of hydrogen-bond donors (Lipinski definition) is 3. The van der Waals surface area contributed by atoms with E-state index in [9.17, 15) is 43.2 Å². The number of phosphoric acid groups is 2. The first-order valence-electron chi connectivity index (χ1n) is 36.2. The molecule has 0 radical (unpaired) electrons. The molecule has 528 valence electrons. The van der Waals surface area contributed by atoms with E-state index in [1.54, 1.807) is 0 Å². The minimum Gasteiger partial charge on any atom is -0.462 e. The molecule has 0 aliphatic rings. The van der Waals surface area contributed by atoms with Crippen molar-refractivity contribution in [1.82, 2.24) is 0 Å². The SMILES string of the molecule is CCC(C)CCCCCCCCC(=O)O[C@H](COC(=O)CCCCCCCCCCCCCCCC(C)C)COP(=O)(O)OC[C@@H](O)COP(=O)(O)OC[C@@H](COC(=O)CCCCCCCCC(C)C)OC(=O)CCCCCCCCCCCCCC(C)C. The molecule has 3 unspecified atom stereocenters. The van der Waals surface area contributed by atoms with Crippen LogP contribution in [0.25, 0.3) is 0 Å². The molecule has 0 aromatic heterocycles. The minimum atomic E-state index is -4.95. The summed E-state index contributed by atoms with van der Waals surface area (Å²) in [4.78, 5) is 72.5. The van der Waals surface area contributed by atoms with E-state index in [4.69, 9.17) is 37.0 Å². The second-order valence-corrected chi connectivity index (χ2v) is 29.8. The molecule has 6 atom stereocenters. The zero-order valence-electron chi connectivity index (χ0n) is 58.1. The Morgan fingerprint density at radius 2 is 0.539 bits per heavy atom. The average molecular weight is 1310 g/mol. The van der Waals surface area contributed by atoms with Crippen LogP contribution in [0.15, 0.2) is 0 Å². The third-order valence-electron chi connectivity index (χ3n) is 16.4. The van der Waals surface area contributed by atoms with Gasteiger partial charge in [-0.3, -0.25) is 37.3 Å². The molecule has 0 saturated carbocycles. The summed E-state index contributed by atoms with van der Waals surface area (Å²) < 4.78 is 68.2. The van der Waals surface area contributed by atoms with Crippen molar-refractivity contribution in [3.8, 4) is 0 Å². The molecule has 0 aliphatic carbocycles. The van der Waals surface area contributed by atoms with Crippen LogP contribution in [-0.2, 0) is 65.4 Å². The summed E-state index contributed by atoms with van der Waals surface area (Å²) in [5, 5.41) is 10.6. The van der Waals surface area contributed by atoms with Crippen LogP contribution >= 0.6 is 15.6 Å². The summed E-state index contributed by atoms with van der Waals surface area (Å²) in [5.41, 5.74) is 0. The van der Waals surface area contributed by atoms with E-state index >= 15 is 0 Å². The molecule has 0 rings (SSSR count). The quantitative estimate of drug-likeness (QED) is 0.0222. The predicted octanol–water partition coefficient (Wildman–Crippen LogP) is 19.7. The van der Waals surface area contributed by atoms with Gasteiger partial charge in [0.15, 0.2) is 12.2 Å². The number of aliphatic hydroxyl groups is 1. The number of unbranched alkanes of at least 4 members (excludes halogenated alkanes) is 32. The number of esters is 4. The number of carbonyl (C=O) groups is 4. The number of aliphatic hydroxyl groups excluding tert-OH is 1. The first-order chi connectivity index (χ1) is 42.6. The van der Waals surface area contributed by atoms with Gasteiger partial charge >= 0.3 is 39.5 Å². The van der Waals surface area contributed by atoms with Gasteiger partial charge in [-0.15, -0.1) is 0 Å². The molecule has 17 nitrogen and oxygen atoms in total. The summed E-state index contributed by atoms with van der Waals surface area (Å²) in [6.07, 6.45) is 41.9. The van der Waals surface area contributed by atoms with Gasteiger partial charge < -0.3 is 33.8 Å². The van der Waals surface area contributed by atoms with Crippen molar-refractivity contribution >= 4 is 39.5 Å². The van der Waals surface area contributed by atoms with Crippen LogP contribution < -0.4 is 0 Å². The summed E-state index contributed by atoms with van der Waals surface area (Å²) in [6.45, 7) is 14.0. The van der Waals surface area contributed by atoms with Gasteiger partial charge in [0.25, 0.3) is 0 Å². The van der Waals surface area contributed by atoms with Gasteiger partial charge in [0.1, 0.15) is 19.3 Å². The van der Waals surface area contributed by atoms with E-state index in [-0.39, 0.29) is 25.7 Å². The lowest BCUT2D eigenvalue weighted by atomic mass is 10.00. The molecule has 19 heteroatoms. The van der Waals surface area contributed by atoms with E-state index in [0.29, 0.717) is 31.6 Å². The zero-order chi connectivity index (χ0) is 66.1. The lowest BCUT2D eigenvalue weighted by Crippen LogP contribution is -2.30.